The molecule has 0 saturated carbocycles. The lowest BCUT2D eigenvalue weighted by molar-refractivity contribution is 0.102. The Morgan fingerprint density at radius 2 is 1.79 bits per heavy atom. The number of anilines is 1. The second-order valence-electron chi connectivity index (χ2n) is 5.62. The van der Waals surface area contributed by atoms with Crippen molar-refractivity contribution in [3.63, 3.8) is 0 Å². The van der Waals surface area contributed by atoms with Crippen molar-refractivity contribution >= 4 is 33.3 Å². The van der Waals surface area contributed by atoms with Gasteiger partial charge in [-0.15, -0.1) is 0 Å². The van der Waals surface area contributed by atoms with Crippen molar-refractivity contribution in [3.8, 4) is 5.75 Å². The lowest BCUT2D eigenvalue weighted by Gasteiger charge is -2.07. The lowest BCUT2D eigenvalue weighted by atomic mass is 10.1. The first-order valence-corrected chi connectivity index (χ1v) is 7.70. The van der Waals surface area contributed by atoms with E-state index in [0.717, 1.165) is 33.1 Å². The highest BCUT2D eigenvalue weighted by atomic mass is 16.5. The number of carbonyl (C=O) groups is 1. The number of amides is 1. The van der Waals surface area contributed by atoms with E-state index in [9.17, 15) is 4.79 Å². The molecule has 1 amide bonds. The predicted molar refractivity (Wildman–Crippen MR) is 96.8 cm³/mol. The van der Waals surface area contributed by atoms with Crippen LogP contribution in [0.15, 0.2) is 66.7 Å². The first kappa shape index (κ1) is 14.3. The molecule has 0 atom stereocenters. The summed E-state index contributed by atoms with van der Waals surface area (Å²) >= 11 is 0. The summed E-state index contributed by atoms with van der Waals surface area (Å²) in [6.07, 6.45) is 0. The number of hydrogen-bond donors (Lipinski definition) is 2. The van der Waals surface area contributed by atoms with E-state index in [1.54, 1.807) is 7.11 Å². The van der Waals surface area contributed by atoms with Crippen LogP contribution in [-0.2, 0) is 0 Å². The average molecular weight is 316 g/mol. The molecule has 3 aromatic carbocycles. The van der Waals surface area contributed by atoms with Gasteiger partial charge in [-0.25, -0.2) is 0 Å². The number of aromatic nitrogens is 1. The Hall–Kier alpha value is -3.27. The fraction of sp³-hybridized carbons (Fsp3) is 0.0500. The van der Waals surface area contributed by atoms with Gasteiger partial charge < -0.3 is 15.0 Å². The molecule has 1 aromatic heterocycles. The molecule has 0 aliphatic rings. The average Bonchev–Trinajstić information content (AvgIpc) is 3.05. The smallest absolute Gasteiger partial charge is 0.272 e. The Labute approximate surface area is 139 Å². The van der Waals surface area contributed by atoms with Crippen LogP contribution in [-0.4, -0.2) is 18.0 Å². The molecule has 4 heteroatoms. The molecule has 4 aromatic rings. The third-order valence-corrected chi connectivity index (χ3v) is 4.11. The Morgan fingerprint density at radius 3 is 2.67 bits per heavy atom. The van der Waals surface area contributed by atoms with Crippen molar-refractivity contribution < 1.29 is 9.53 Å². The number of carbonyl (C=O) groups excluding carboxylic acids is 1. The normalized spacial score (nSPS) is 10.9. The molecular weight excluding hydrogens is 300 g/mol. The van der Waals surface area contributed by atoms with E-state index in [-0.39, 0.29) is 5.91 Å². The number of hydrogen-bond acceptors (Lipinski definition) is 2. The molecule has 0 fully saturated rings. The molecule has 0 aliphatic heterocycles. The molecule has 4 nitrogen and oxygen atoms in total. The summed E-state index contributed by atoms with van der Waals surface area (Å²) in [5.41, 5.74) is 2.22. The quantitative estimate of drug-likeness (QED) is 0.581. The number of benzene rings is 3. The molecule has 0 spiro atoms. The summed E-state index contributed by atoms with van der Waals surface area (Å²) < 4.78 is 5.22. The summed E-state index contributed by atoms with van der Waals surface area (Å²) in [6, 6.07) is 21.4. The Balaban J connectivity index is 1.68. The molecule has 0 radical (unpaired) electrons. The fourth-order valence-corrected chi connectivity index (χ4v) is 2.88. The van der Waals surface area contributed by atoms with Crippen LogP contribution in [0.25, 0.3) is 21.7 Å². The number of aromatic amines is 1. The van der Waals surface area contributed by atoms with E-state index in [1.807, 2.05) is 66.7 Å². The molecule has 0 saturated heterocycles. The zero-order valence-electron chi connectivity index (χ0n) is 13.2. The predicted octanol–water partition coefficient (Wildman–Crippen LogP) is 4.58. The molecule has 1 heterocycles. The number of rotatable bonds is 3. The minimum absolute atomic E-state index is 0.165. The van der Waals surface area contributed by atoms with Gasteiger partial charge in [0.15, 0.2) is 0 Å². The van der Waals surface area contributed by atoms with Crippen molar-refractivity contribution in [1.82, 2.24) is 4.98 Å². The second-order valence-corrected chi connectivity index (χ2v) is 5.62. The van der Waals surface area contributed by atoms with E-state index in [2.05, 4.69) is 10.3 Å². The van der Waals surface area contributed by atoms with Crippen LogP contribution < -0.4 is 10.1 Å². The van der Waals surface area contributed by atoms with Crippen LogP contribution in [0.5, 0.6) is 5.75 Å². The molecule has 0 unspecified atom stereocenters. The summed E-state index contributed by atoms with van der Waals surface area (Å²) in [7, 11) is 1.63. The summed E-state index contributed by atoms with van der Waals surface area (Å²) in [4.78, 5) is 15.8. The van der Waals surface area contributed by atoms with E-state index in [4.69, 9.17) is 4.74 Å². The zero-order valence-corrected chi connectivity index (χ0v) is 13.2. The molecule has 0 bridgehead atoms. The van der Waals surface area contributed by atoms with Gasteiger partial charge in [0, 0.05) is 22.0 Å². The molecule has 24 heavy (non-hydrogen) atoms. The van der Waals surface area contributed by atoms with Crippen LogP contribution in [0.2, 0.25) is 0 Å². The maximum absolute atomic E-state index is 12.6. The first-order chi connectivity index (χ1) is 11.7. The van der Waals surface area contributed by atoms with Crippen LogP contribution in [0.3, 0.4) is 0 Å². The summed E-state index contributed by atoms with van der Waals surface area (Å²) in [5.74, 6) is 0.601. The van der Waals surface area contributed by atoms with Gasteiger partial charge in [0.1, 0.15) is 11.4 Å². The lowest BCUT2D eigenvalue weighted by Crippen LogP contribution is -2.12. The molecular formula is C20H16N2O2. The van der Waals surface area contributed by atoms with Crippen LogP contribution >= 0.6 is 0 Å². The number of fused-ring (bicyclic) bond motifs is 2. The van der Waals surface area contributed by atoms with Gasteiger partial charge in [0.2, 0.25) is 0 Å². The van der Waals surface area contributed by atoms with Gasteiger partial charge >= 0.3 is 0 Å². The van der Waals surface area contributed by atoms with Gasteiger partial charge in [-0.2, -0.15) is 0 Å². The number of ether oxygens (including phenoxy) is 1. The van der Waals surface area contributed by atoms with Crippen molar-refractivity contribution in [2.45, 2.75) is 0 Å². The van der Waals surface area contributed by atoms with E-state index in [0.29, 0.717) is 5.69 Å². The van der Waals surface area contributed by atoms with E-state index >= 15 is 0 Å². The standard InChI is InChI=1S/C20H16N2O2/c1-24-15-9-10-17-14(11-15)12-19(21-17)20(23)22-18-8-4-6-13-5-2-3-7-16(13)18/h2-12,21H,1H3,(H,22,23). The van der Waals surface area contributed by atoms with Crippen LogP contribution in [0.1, 0.15) is 10.5 Å². The van der Waals surface area contributed by atoms with Crippen LogP contribution in [0, 0.1) is 0 Å². The Morgan fingerprint density at radius 1 is 0.958 bits per heavy atom. The van der Waals surface area contributed by atoms with Gasteiger partial charge in [-0.05, 0) is 35.7 Å². The maximum Gasteiger partial charge on any atom is 0.272 e. The largest absolute Gasteiger partial charge is 0.497 e. The minimum Gasteiger partial charge on any atom is -0.497 e. The number of nitrogens with one attached hydrogen (secondary N) is 2. The summed E-state index contributed by atoms with van der Waals surface area (Å²) in [5, 5.41) is 6.05. The Bertz CT molecular complexity index is 1040. The van der Waals surface area contributed by atoms with Crippen molar-refractivity contribution in [3.05, 3.63) is 72.4 Å². The van der Waals surface area contributed by atoms with Gasteiger partial charge in [-0.1, -0.05) is 36.4 Å². The topological polar surface area (TPSA) is 54.1 Å². The monoisotopic (exact) mass is 316 g/mol. The summed E-state index contributed by atoms with van der Waals surface area (Å²) in [6.45, 7) is 0. The van der Waals surface area contributed by atoms with Gasteiger partial charge in [0.05, 0.1) is 7.11 Å². The highest BCUT2D eigenvalue weighted by molar-refractivity contribution is 6.10. The van der Waals surface area contributed by atoms with Gasteiger partial charge in [-0.3, -0.25) is 4.79 Å². The maximum atomic E-state index is 12.6. The zero-order chi connectivity index (χ0) is 16.5. The first-order valence-electron chi connectivity index (χ1n) is 7.70. The second kappa shape index (κ2) is 5.74. The van der Waals surface area contributed by atoms with E-state index < -0.39 is 0 Å². The molecule has 118 valence electrons. The van der Waals surface area contributed by atoms with Crippen molar-refractivity contribution in [1.29, 1.82) is 0 Å². The fourth-order valence-electron chi connectivity index (χ4n) is 2.88. The van der Waals surface area contributed by atoms with Crippen LogP contribution in [0.4, 0.5) is 5.69 Å². The van der Waals surface area contributed by atoms with Crippen molar-refractivity contribution in [2.24, 2.45) is 0 Å². The SMILES string of the molecule is COc1ccc2[nH]c(C(=O)Nc3cccc4ccccc34)cc2c1. The highest BCUT2D eigenvalue weighted by Crippen LogP contribution is 2.25. The highest BCUT2D eigenvalue weighted by Gasteiger charge is 2.11. The Kier molecular flexibility index (Phi) is 3.43. The van der Waals surface area contributed by atoms with E-state index in [1.165, 1.54) is 0 Å². The number of methoxy groups -OCH3 is 1. The van der Waals surface area contributed by atoms with Crippen molar-refractivity contribution in [2.75, 3.05) is 12.4 Å². The third-order valence-electron chi connectivity index (χ3n) is 4.11. The van der Waals surface area contributed by atoms with Gasteiger partial charge in [0.25, 0.3) is 5.91 Å². The molecule has 2 N–H and O–H groups in total. The number of H-pyrrole nitrogens is 1. The molecule has 0 aliphatic carbocycles. The minimum atomic E-state index is -0.165. The third kappa shape index (κ3) is 2.48. The molecule has 4 rings (SSSR count).